The van der Waals surface area contributed by atoms with Gasteiger partial charge in [-0.2, -0.15) is 0 Å². The lowest BCUT2D eigenvalue weighted by molar-refractivity contribution is -0.0542. The number of nitrogens with two attached hydrogens (primary N) is 1. The Hall–Kier alpha value is -1.89. The number of thiophene rings is 1. The second kappa shape index (κ2) is 7.62. The fraction of sp³-hybridized carbons (Fsp3) is 0.333. The van der Waals surface area contributed by atoms with Crippen LogP contribution in [0.3, 0.4) is 0 Å². The standard InChI is InChI=1S/C21H23N3OS2/c1-3-21(2)12-15-16(13-25-21)27-19-17(15)18(22)23-20(24-19)26-11-7-10-14-8-5-4-6-9-14/h4-10H,3,11-13H2,1-2H3,(H2,22,23,24)/b10-7-. The number of rotatable bonds is 5. The minimum absolute atomic E-state index is 0.122. The van der Waals surface area contributed by atoms with Crippen LogP contribution in [0.1, 0.15) is 36.3 Å². The molecule has 0 bridgehead atoms. The number of benzene rings is 1. The van der Waals surface area contributed by atoms with Gasteiger partial charge in [-0.05, 0) is 24.5 Å². The first-order chi connectivity index (χ1) is 13.1. The number of fused-ring (bicyclic) bond motifs is 3. The smallest absolute Gasteiger partial charge is 0.191 e. The second-order valence-electron chi connectivity index (χ2n) is 6.97. The molecule has 0 fully saturated rings. The number of aromatic nitrogens is 2. The van der Waals surface area contributed by atoms with E-state index in [2.05, 4.69) is 43.1 Å². The van der Waals surface area contributed by atoms with Gasteiger partial charge < -0.3 is 10.5 Å². The van der Waals surface area contributed by atoms with Crippen molar-refractivity contribution in [2.45, 2.75) is 44.1 Å². The summed E-state index contributed by atoms with van der Waals surface area (Å²) < 4.78 is 6.07. The van der Waals surface area contributed by atoms with E-state index >= 15 is 0 Å². The highest BCUT2D eigenvalue weighted by molar-refractivity contribution is 7.99. The van der Waals surface area contributed by atoms with Crippen LogP contribution < -0.4 is 5.73 Å². The van der Waals surface area contributed by atoms with E-state index in [1.54, 1.807) is 23.1 Å². The van der Waals surface area contributed by atoms with E-state index in [0.717, 1.165) is 34.0 Å². The normalized spacial score (nSPS) is 19.6. The lowest BCUT2D eigenvalue weighted by Crippen LogP contribution is -2.33. The largest absolute Gasteiger partial charge is 0.383 e. The maximum absolute atomic E-state index is 6.33. The van der Waals surface area contributed by atoms with Crippen molar-refractivity contribution in [1.82, 2.24) is 9.97 Å². The summed E-state index contributed by atoms with van der Waals surface area (Å²) in [5.74, 6) is 1.40. The first-order valence-corrected chi connectivity index (χ1v) is 10.9. The molecule has 0 saturated heterocycles. The van der Waals surface area contributed by atoms with E-state index in [9.17, 15) is 0 Å². The van der Waals surface area contributed by atoms with Crippen LogP contribution in [0.2, 0.25) is 0 Å². The summed E-state index contributed by atoms with van der Waals surface area (Å²) in [5, 5.41) is 1.76. The summed E-state index contributed by atoms with van der Waals surface area (Å²) in [6.45, 7) is 4.97. The summed E-state index contributed by atoms with van der Waals surface area (Å²) in [5.41, 5.74) is 8.69. The maximum atomic E-state index is 6.33. The molecule has 4 nitrogen and oxygen atoms in total. The first-order valence-electron chi connectivity index (χ1n) is 9.14. The van der Waals surface area contributed by atoms with Gasteiger partial charge in [0, 0.05) is 17.1 Å². The SMILES string of the molecule is CCC1(C)Cc2c(sc3nc(SC/C=C\c4ccccc4)nc(N)c23)CO1. The van der Waals surface area contributed by atoms with Gasteiger partial charge in [-0.15, -0.1) is 11.3 Å². The molecule has 0 amide bonds. The van der Waals surface area contributed by atoms with Crippen LogP contribution in [-0.4, -0.2) is 21.3 Å². The molecule has 3 aromatic rings. The summed E-state index contributed by atoms with van der Waals surface area (Å²) in [7, 11) is 0. The van der Waals surface area contributed by atoms with Gasteiger partial charge in [-0.3, -0.25) is 0 Å². The molecule has 1 unspecified atom stereocenters. The van der Waals surface area contributed by atoms with E-state index in [1.807, 2.05) is 18.2 Å². The summed E-state index contributed by atoms with van der Waals surface area (Å²) in [6, 6.07) is 10.3. The minimum atomic E-state index is -0.122. The van der Waals surface area contributed by atoms with E-state index in [4.69, 9.17) is 15.5 Å². The molecule has 3 heterocycles. The zero-order valence-corrected chi connectivity index (χ0v) is 17.2. The fourth-order valence-corrected chi connectivity index (χ4v) is 5.07. The van der Waals surface area contributed by atoms with Gasteiger partial charge in [0.25, 0.3) is 0 Å². The van der Waals surface area contributed by atoms with Gasteiger partial charge in [0.15, 0.2) is 5.16 Å². The number of anilines is 1. The fourth-order valence-electron chi connectivity index (χ4n) is 3.24. The zero-order chi connectivity index (χ0) is 18.9. The second-order valence-corrected chi connectivity index (χ2v) is 9.04. The number of nitrogens with zero attached hydrogens (tertiary/aromatic N) is 2. The van der Waals surface area contributed by atoms with E-state index < -0.39 is 0 Å². The Morgan fingerprint density at radius 3 is 2.89 bits per heavy atom. The van der Waals surface area contributed by atoms with Gasteiger partial charge >= 0.3 is 0 Å². The van der Waals surface area contributed by atoms with Crippen LogP contribution in [0.25, 0.3) is 16.3 Å². The molecule has 0 saturated carbocycles. The topological polar surface area (TPSA) is 61.0 Å². The molecule has 1 aliphatic rings. The molecule has 2 aromatic heterocycles. The molecule has 1 aliphatic heterocycles. The minimum Gasteiger partial charge on any atom is -0.383 e. The first kappa shape index (κ1) is 18.5. The Balaban J connectivity index is 1.54. The lowest BCUT2D eigenvalue weighted by atomic mass is 9.90. The molecule has 6 heteroatoms. The highest BCUT2D eigenvalue weighted by Crippen LogP contribution is 2.41. The molecule has 1 aromatic carbocycles. The van der Waals surface area contributed by atoms with Crippen molar-refractivity contribution in [3.05, 3.63) is 52.4 Å². The van der Waals surface area contributed by atoms with Crippen LogP contribution in [-0.2, 0) is 17.8 Å². The Labute approximate surface area is 167 Å². The molecular weight excluding hydrogens is 374 g/mol. The number of hydrogen-bond acceptors (Lipinski definition) is 6. The molecule has 0 aliphatic carbocycles. The highest BCUT2D eigenvalue weighted by Gasteiger charge is 2.32. The average Bonchev–Trinajstić information content (AvgIpc) is 3.04. The van der Waals surface area contributed by atoms with Gasteiger partial charge in [0.1, 0.15) is 10.6 Å². The van der Waals surface area contributed by atoms with Crippen molar-refractivity contribution in [3.8, 4) is 0 Å². The molecule has 1 atom stereocenters. The number of ether oxygens (including phenoxy) is 1. The monoisotopic (exact) mass is 397 g/mol. The summed E-state index contributed by atoms with van der Waals surface area (Å²) in [6.07, 6.45) is 6.09. The van der Waals surface area contributed by atoms with Crippen LogP contribution in [0.15, 0.2) is 41.6 Å². The van der Waals surface area contributed by atoms with Gasteiger partial charge in [-0.1, -0.05) is 61.2 Å². The molecular formula is C21H23N3OS2. The van der Waals surface area contributed by atoms with Crippen LogP contribution in [0.4, 0.5) is 5.82 Å². The van der Waals surface area contributed by atoms with Crippen molar-refractivity contribution < 1.29 is 4.74 Å². The molecule has 2 N–H and O–H groups in total. The average molecular weight is 398 g/mol. The highest BCUT2D eigenvalue weighted by atomic mass is 32.2. The Bertz CT molecular complexity index is 984. The summed E-state index contributed by atoms with van der Waals surface area (Å²) >= 11 is 3.29. The van der Waals surface area contributed by atoms with Crippen LogP contribution >= 0.6 is 23.1 Å². The number of hydrogen-bond donors (Lipinski definition) is 1. The molecule has 140 valence electrons. The predicted octanol–water partition coefficient (Wildman–Crippen LogP) is 5.32. The number of thioether (sulfide) groups is 1. The van der Waals surface area contributed by atoms with Crippen molar-refractivity contribution in [1.29, 1.82) is 0 Å². The molecule has 4 rings (SSSR count). The van der Waals surface area contributed by atoms with E-state index in [-0.39, 0.29) is 5.60 Å². The summed E-state index contributed by atoms with van der Waals surface area (Å²) in [4.78, 5) is 11.5. The van der Waals surface area contributed by atoms with Gasteiger partial charge in [0.2, 0.25) is 0 Å². The molecule has 0 spiro atoms. The lowest BCUT2D eigenvalue weighted by Gasteiger charge is -2.33. The number of nitrogen functional groups attached to an aromatic ring is 1. The van der Waals surface area contributed by atoms with Gasteiger partial charge in [-0.25, -0.2) is 9.97 Å². The Kier molecular flexibility index (Phi) is 5.21. The Morgan fingerprint density at radius 1 is 1.30 bits per heavy atom. The van der Waals surface area contributed by atoms with Crippen molar-refractivity contribution in [2.24, 2.45) is 0 Å². The quantitative estimate of drug-likeness (QED) is 0.466. The van der Waals surface area contributed by atoms with E-state index in [1.165, 1.54) is 16.0 Å². The third-order valence-corrected chi connectivity index (χ3v) is 6.91. The zero-order valence-electron chi connectivity index (χ0n) is 15.6. The van der Waals surface area contributed by atoms with Crippen LogP contribution in [0, 0.1) is 0 Å². The van der Waals surface area contributed by atoms with E-state index in [0.29, 0.717) is 12.4 Å². The Morgan fingerprint density at radius 2 is 2.11 bits per heavy atom. The van der Waals surface area contributed by atoms with Crippen molar-refractivity contribution in [2.75, 3.05) is 11.5 Å². The maximum Gasteiger partial charge on any atom is 0.191 e. The third-order valence-electron chi connectivity index (χ3n) is 5.01. The molecule has 27 heavy (non-hydrogen) atoms. The van der Waals surface area contributed by atoms with Gasteiger partial charge in [0.05, 0.1) is 17.6 Å². The third kappa shape index (κ3) is 3.88. The van der Waals surface area contributed by atoms with Crippen molar-refractivity contribution in [3.63, 3.8) is 0 Å². The van der Waals surface area contributed by atoms with Crippen molar-refractivity contribution >= 4 is 45.2 Å². The molecule has 0 radical (unpaired) electrons. The predicted molar refractivity (Wildman–Crippen MR) is 115 cm³/mol. The van der Waals surface area contributed by atoms with Crippen LogP contribution in [0.5, 0.6) is 0 Å².